The largest absolute Gasteiger partial charge is 0.0654 e. The Morgan fingerprint density at radius 3 is 1.19 bits per heavy atom. The second-order valence-corrected chi connectivity index (χ2v) is 8.18. The summed E-state index contributed by atoms with van der Waals surface area (Å²) in [5.74, 6) is 0.940. The van der Waals surface area contributed by atoms with Gasteiger partial charge in [-0.25, -0.2) is 0 Å². The van der Waals surface area contributed by atoms with Crippen LogP contribution in [0.5, 0.6) is 0 Å². The van der Waals surface area contributed by atoms with E-state index in [1.807, 2.05) is 0 Å². The fraction of sp³-hybridized carbons (Fsp3) is 1.00. The summed E-state index contributed by atoms with van der Waals surface area (Å²) in [5, 5.41) is 0. The lowest BCUT2D eigenvalue weighted by atomic mass is 9.75. The maximum absolute atomic E-state index is 2.45. The average molecular weight is 297 g/mol. The van der Waals surface area contributed by atoms with Gasteiger partial charge in [0.1, 0.15) is 0 Å². The zero-order valence-corrected chi connectivity index (χ0v) is 16.0. The van der Waals surface area contributed by atoms with E-state index in [9.17, 15) is 0 Å². The van der Waals surface area contributed by atoms with Crippen molar-refractivity contribution < 1.29 is 0 Å². The SMILES string of the molecule is CCCCCCCCCC(CCCCCCC)C(C)(C)C. The molecule has 0 amide bonds. The van der Waals surface area contributed by atoms with Crippen LogP contribution in [0.15, 0.2) is 0 Å². The van der Waals surface area contributed by atoms with Gasteiger partial charge in [0.05, 0.1) is 0 Å². The summed E-state index contributed by atoms with van der Waals surface area (Å²) in [5.41, 5.74) is 0.507. The molecule has 0 radical (unpaired) electrons. The van der Waals surface area contributed by atoms with Crippen LogP contribution in [-0.4, -0.2) is 0 Å². The van der Waals surface area contributed by atoms with E-state index in [-0.39, 0.29) is 0 Å². The van der Waals surface area contributed by atoms with Gasteiger partial charge in [0.15, 0.2) is 0 Å². The standard InChI is InChI=1S/C21H44/c1-6-8-10-12-13-15-17-19-20(21(3,4)5)18-16-14-11-9-7-2/h20H,6-19H2,1-5H3. The molecule has 0 heteroatoms. The van der Waals surface area contributed by atoms with Gasteiger partial charge < -0.3 is 0 Å². The Kier molecular flexibility index (Phi) is 13.6. The van der Waals surface area contributed by atoms with Crippen LogP contribution in [0.1, 0.15) is 125 Å². The fourth-order valence-electron chi connectivity index (χ4n) is 3.35. The molecule has 0 spiro atoms. The molecular weight excluding hydrogens is 252 g/mol. The maximum Gasteiger partial charge on any atom is -0.0354 e. The van der Waals surface area contributed by atoms with Crippen LogP contribution in [0.4, 0.5) is 0 Å². The number of rotatable bonds is 14. The van der Waals surface area contributed by atoms with Crippen LogP contribution < -0.4 is 0 Å². The summed E-state index contributed by atoms with van der Waals surface area (Å²) in [6.07, 6.45) is 20.2. The summed E-state index contributed by atoms with van der Waals surface area (Å²) in [4.78, 5) is 0. The highest BCUT2D eigenvalue weighted by Crippen LogP contribution is 2.34. The molecule has 0 fully saturated rings. The minimum atomic E-state index is 0.507. The number of hydrogen-bond acceptors (Lipinski definition) is 0. The zero-order valence-electron chi connectivity index (χ0n) is 16.0. The Labute approximate surface area is 136 Å². The van der Waals surface area contributed by atoms with Crippen molar-refractivity contribution in [3.8, 4) is 0 Å². The van der Waals surface area contributed by atoms with E-state index in [1.54, 1.807) is 0 Å². The van der Waals surface area contributed by atoms with E-state index in [0.29, 0.717) is 5.41 Å². The number of unbranched alkanes of at least 4 members (excludes halogenated alkanes) is 10. The van der Waals surface area contributed by atoms with Gasteiger partial charge in [-0.3, -0.25) is 0 Å². The van der Waals surface area contributed by atoms with Crippen molar-refractivity contribution in [1.29, 1.82) is 0 Å². The van der Waals surface area contributed by atoms with E-state index >= 15 is 0 Å². The molecule has 21 heavy (non-hydrogen) atoms. The van der Waals surface area contributed by atoms with Crippen LogP contribution in [0.2, 0.25) is 0 Å². The van der Waals surface area contributed by atoms with Gasteiger partial charge in [0.25, 0.3) is 0 Å². The van der Waals surface area contributed by atoms with E-state index in [0.717, 1.165) is 5.92 Å². The second-order valence-electron chi connectivity index (χ2n) is 8.18. The molecule has 1 atom stereocenters. The van der Waals surface area contributed by atoms with Crippen molar-refractivity contribution >= 4 is 0 Å². The van der Waals surface area contributed by atoms with Crippen molar-refractivity contribution in [2.75, 3.05) is 0 Å². The van der Waals surface area contributed by atoms with Gasteiger partial charge in [-0.05, 0) is 24.2 Å². The predicted octanol–water partition coefficient (Wildman–Crippen LogP) is 8.15. The molecule has 0 nitrogen and oxygen atoms in total. The Balaban J connectivity index is 3.72. The van der Waals surface area contributed by atoms with Crippen LogP contribution in [0.3, 0.4) is 0 Å². The first kappa shape index (κ1) is 21.0. The summed E-state index contributed by atoms with van der Waals surface area (Å²) >= 11 is 0. The molecule has 0 aliphatic heterocycles. The Morgan fingerprint density at radius 1 is 0.524 bits per heavy atom. The Hall–Kier alpha value is 0. The summed E-state index contributed by atoms with van der Waals surface area (Å²) in [6, 6.07) is 0. The van der Waals surface area contributed by atoms with Crippen molar-refractivity contribution in [2.45, 2.75) is 125 Å². The monoisotopic (exact) mass is 296 g/mol. The summed E-state index contributed by atoms with van der Waals surface area (Å²) in [7, 11) is 0. The van der Waals surface area contributed by atoms with Crippen LogP contribution in [0, 0.1) is 11.3 Å². The smallest absolute Gasteiger partial charge is 0.0354 e. The van der Waals surface area contributed by atoms with Crippen LogP contribution in [0.25, 0.3) is 0 Å². The van der Waals surface area contributed by atoms with Crippen molar-refractivity contribution in [1.82, 2.24) is 0 Å². The number of hydrogen-bond donors (Lipinski definition) is 0. The minimum Gasteiger partial charge on any atom is -0.0654 e. The normalized spacial score (nSPS) is 13.6. The second kappa shape index (κ2) is 13.6. The topological polar surface area (TPSA) is 0 Å². The molecular formula is C21H44. The molecule has 0 saturated heterocycles. The molecule has 0 aliphatic rings. The molecule has 0 aromatic rings. The van der Waals surface area contributed by atoms with E-state index in [2.05, 4.69) is 34.6 Å². The van der Waals surface area contributed by atoms with Gasteiger partial charge in [-0.15, -0.1) is 0 Å². The average Bonchev–Trinajstić information content (AvgIpc) is 2.42. The quantitative estimate of drug-likeness (QED) is 0.284. The van der Waals surface area contributed by atoms with E-state index in [4.69, 9.17) is 0 Å². The highest BCUT2D eigenvalue weighted by atomic mass is 14.3. The first-order valence-corrected chi connectivity index (χ1v) is 10.0. The molecule has 1 unspecified atom stereocenters. The molecule has 0 bridgehead atoms. The van der Waals surface area contributed by atoms with Crippen molar-refractivity contribution in [3.63, 3.8) is 0 Å². The van der Waals surface area contributed by atoms with Gasteiger partial charge in [-0.1, -0.05) is 112 Å². The lowest BCUT2D eigenvalue weighted by molar-refractivity contribution is 0.201. The first-order chi connectivity index (χ1) is 10.0. The van der Waals surface area contributed by atoms with Crippen molar-refractivity contribution in [3.05, 3.63) is 0 Å². The molecule has 128 valence electrons. The molecule has 0 rings (SSSR count). The van der Waals surface area contributed by atoms with E-state index in [1.165, 1.54) is 89.9 Å². The fourth-order valence-corrected chi connectivity index (χ4v) is 3.35. The maximum atomic E-state index is 2.45. The molecule has 0 heterocycles. The first-order valence-electron chi connectivity index (χ1n) is 10.0. The van der Waals surface area contributed by atoms with Gasteiger partial charge in [-0.2, -0.15) is 0 Å². The molecule has 0 saturated carbocycles. The summed E-state index contributed by atoms with van der Waals surface area (Å²) in [6.45, 7) is 12.0. The highest BCUT2D eigenvalue weighted by Gasteiger charge is 2.23. The molecule has 0 aromatic carbocycles. The van der Waals surface area contributed by atoms with Gasteiger partial charge in [0.2, 0.25) is 0 Å². The molecule has 0 N–H and O–H groups in total. The minimum absolute atomic E-state index is 0.507. The lowest BCUT2D eigenvalue weighted by Crippen LogP contribution is -2.20. The van der Waals surface area contributed by atoms with Crippen molar-refractivity contribution in [2.24, 2.45) is 11.3 Å². The lowest BCUT2D eigenvalue weighted by Gasteiger charge is -2.31. The van der Waals surface area contributed by atoms with E-state index < -0.39 is 0 Å². The van der Waals surface area contributed by atoms with Gasteiger partial charge in [0, 0.05) is 0 Å². The third kappa shape index (κ3) is 13.4. The zero-order chi connectivity index (χ0) is 16.0. The van der Waals surface area contributed by atoms with Crippen LogP contribution >= 0.6 is 0 Å². The Bertz CT molecular complexity index is 199. The molecule has 0 aliphatic carbocycles. The third-order valence-electron chi connectivity index (χ3n) is 5.04. The van der Waals surface area contributed by atoms with Crippen LogP contribution in [-0.2, 0) is 0 Å². The highest BCUT2D eigenvalue weighted by molar-refractivity contribution is 4.74. The Morgan fingerprint density at radius 2 is 0.857 bits per heavy atom. The molecule has 0 aromatic heterocycles. The van der Waals surface area contributed by atoms with Gasteiger partial charge >= 0.3 is 0 Å². The predicted molar refractivity (Wildman–Crippen MR) is 98.9 cm³/mol. The summed E-state index contributed by atoms with van der Waals surface area (Å²) < 4.78 is 0. The third-order valence-corrected chi connectivity index (χ3v) is 5.04.